The number of hydrogen-bond donors (Lipinski definition) is 2. The normalized spacial score (nSPS) is 18.7. The number of imide groups is 1. The average Bonchev–Trinajstić information content (AvgIpc) is 2.80. The Bertz CT molecular complexity index is 439. The van der Waals surface area contributed by atoms with Gasteiger partial charge in [0.05, 0.1) is 0 Å². The molecule has 0 spiro atoms. The summed E-state index contributed by atoms with van der Waals surface area (Å²) in [5.74, 6) is -0.443. The van der Waals surface area contributed by atoms with Crippen LogP contribution in [0.2, 0.25) is 0 Å². The van der Waals surface area contributed by atoms with Crippen molar-refractivity contribution in [1.29, 1.82) is 0 Å². The Morgan fingerprint density at radius 2 is 1.92 bits per heavy atom. The first-order valence-electron chi connectivity index (χ1n) is 9.49. The van der Waals surface area contributed by atoms with Crippen molar-refractivity contribution in [3.63, 3.8) is 0 Å². The molecule has 154 valence electrons. The van der Waals surface area contributed by atoms with Crippen LogP contribution < -0.4 is 5.73 Å². The summed E-state index contributed by atoms with van der Waals surface area (Å²) < 4.78 is 5.55. The Hall–Kier alpha value is -1.08. The Labute approximate surface area is 164 Å². The SMILES string of the molecule is CC.CC1CC(=O)N(CCC(N)=O)C1=O.CCC(C)(S)OCCC(C)C. The molecule has 1 fully saturated rings. The molecule has 0 radical (unpaired) electrons. The third kappa shape index (κ3) is 12.3. The number of thiol groups is 1. The molecule has 3 amide bonds. The van der Waals surface area contributed by atoms with Crippen LogP contribution in [0.3, 0.4) is 0 Å². The number of rotatable bonds is 8. The minimum Gasteiger partial charge on any atom is -0.370 e. The van der Waals surface area contributed by atoms with Crippen LogP contribution in [-0.2, 0) is 19.1 Å². The minimum atomic E-state index is -0.500. The van der Waals surface area contributed by atoms with E-state index in [4.69, 9.17) is 10.5 Å². The van der Waals surface area contributed by atoms with E-state index in [2.05, 4.69) is 33.4 Å². The Morgan fingerprint density at radius 1 is 1.38 bits per heavy atom. The van der Waals surface area contributed by atoms with Crippen molar-refractivity contribution in [3.05, 3.63) is 0 Å². The van der Waals surface area contributed by atoms with Crippen LogP contribution in [0.25, 0.3) is 0 Å². The topological polar surface area (TPSA) is 89.7 Å². The molecular formula is C19H38N2O4S. The summed E-state index contributed by atoms with van der Waals surface area (Å²) in [4.78, 5) is 33.7. The van der Waals surface area contributed by atoms with Gasteiger partial charge in [0, 0.05) is 31.9 Å². The van der Waals surface area contributed by atoms with Crippen molar-refractivity contribution in [2.45, 2.75) is 79.1 Å². The van der Waals surface area contributed by atoms with E-state index in [0.717, 1.165) is 30.3 Å². The second-order valence-electron chi connectivity index (χ2n) is 6.76. The van der Waals surface area contributed by atoms with E-state index in [1.165, 1.54) is 0 Å². The summed E-state index contributed by atoms with van der Waals surface area (Å²) in [7, 11) is 0. The van der Waals surface area contributed by atoms with Crippen molar-refractivity contribution >= 4 is 30.4 Å². The molecular weight excluding hydrogens is 352 g/mol. The molecule has 1 aliphatic rings. The molecule has 6 nitrogen and oxygen atoms in total. The lowest BCUT2D eigenvalue weighted by Gasteiger charge is -2.22. The molecule has 2 unspecified atom stereocenters. The zero-order valence-electron chi connectivity index (χ0n) is 17.5. The molecule has 0 bridgehead atoms. The maximum absolute atomic E-state index is 11.3. The monoisotopic (exact) mass is 390 g/mol. The van der Waals surface area contributed by atoms with Crippen LogP contribution in [0.1, 0.15) is 74.1 Å². The van der Waals surface area contributed by atoms with Gasteiger partial charge in [0.15, 0.2) is 0 Å². The van der Waals surface area contributed by atoms with Crippen LogP contribution in [0, 0.1) is 11.8 Å². The van der Waals surface area contributed by atoms with E-state index in [1.807, 2.05) is 20.8 Å². The summed E-state index contributed by atoms with van der Waals surface area (Å²) in [5.41, 5.74) is 4.91. The van der Waals surface area contributed by atoms with Gasteiger partial charge in [0.25, 0.3) is 0 Å². The quantitative estimate of drug-likeness (QED) is 0.378. The van der Waals surface area contributed by atoms with Gasteiger partial charge in [-0.05, 0) is 25.7 Å². The summed E-state index contributed by atoms with van der Waals surface area (Å²) in [6.45, 7) is 15.1. The Balaban J connectivity index is 0. The smallest absolute Gasteiger partial charge is 0.232 e. The number of carbonyl (C=O) groups is 3. The summed E-state index contributed by atoms with van der Waals surface area (Å²) in [6.07, 6.45) is 2.37. The number of ether oxygens (including phenoxy) is 1. The summed E-state index contributed by atoms with van der Waals surface area (Å²) >= 11 is 4.37. The number of amides is 3. The van der Waals surface area contributed by atoms with Gasteiger partial charge in [0.2, 0.25) is 17.7 Å². The molecule has 26 heavy (non-hydrogen) atoms. The molecule has 1 heterocycles. The van der Waals surface area contributed by atoms with E-state index >= 15 is 0 Å². The highest BCUT2D eigenvalue weighted by Crippen LogP contribution is 2.20. The van der Waals surface area contributed by atoms with Crippen molar-refractivity contribution in [3.8, 4) is 0 Å². The second-order valence-corrected chi connectivity index (χ2v) is 7.71. The number of nitrogens with two attached hydrogens (primary N) is 1. The first-order valence-corrected chi connectivity index (χ1v) is 9.93. The van der Waals surface area contributed by atoms with Gasteiger partial charge in [-0.15, -0.1) is 12.6 Å². The highest BCUT2D eigenvalue weighted by molar-refractivity contribution is 7.81. The lowest BCUT2D eigenvalue weighted by atomic mass is 10.1. The standard InChI is InChI=1S/C9H20OS.C8H12N2O3.C2H6/c1-5-9(4,11)10-7-6-8(2)3;1-5-4-7(12)10(8(5)13)3-2-6(9)11;1-2/h8,11H,5-7H2,1-4H3;5H,2-4H2,1H3,(H2,9,11);1-2H3. The van der Waals surface area contributed by atoms with Gasteiger partial charge < -0.3 is 10.5 Å². The number of nitrogens with zero attached hydrogens (tertiary/aromatic N) is 1. The summed E-state index contributed by atoms with van der Waals surface area (Å²) in [6, 6.07) is 0. The fraction of sp³-hybridized carbons (Fsp3) is 0.842. The molecule has 0 aromatic rings. The molecule has 1 rings (SSSR count). The van der Waals surface area contributed by atoms with Crippen molar-refractivity contribution in [1.82, 2.24) is 4.90 Å². The average molecular weight is 391 g/mol. The maximum atomic E-state index is 11.3. The van der Waals surface area contributed by atoms with E-state index in [-0.39, 0.29) is 42.1 Å². The van der Waals surface area contributed by atoms with Crippen molar-refractivity contribution < 1.29 is 19.1 Å². The number of likely N-dealkylation sites (tertiary alicyclic amines) is 1. The fourth-order valence-corrected chi connectivity index (χ4v) is 2.01. The first kappa shape index (κ1) is 27.1. The van der Waals surface area contributed by atoms with Crippen molar-refractivity contribution in [2.24, 2.45) is 17.6 Å². The molecule has 7 heteroatoms. The van der Waals surface area contributed by atoms with Crippen LogP contribution in [-0.4, -0.2) is 40.7 Å². The lowest BCUT2D eigenvalue weighted by Crippen LogP contribution is -2.33. The predicted octanol–water partition coefficient (Wildman–Crippen LogP) is 3.39. The third-order valence-electron chi connectivity index (χ3n) is 3.82. The predicted molar refractivity (Wildman–Crippen MR) is 109 cm³/mol. The van der Waals surface area contributed by atoms with Gasteiger partial charge in [-0.3, -0.25) is 19.3 Å². The minimum absolute atomic E-state index is 0.0458. The molecule has 0 saturated carbocycles. The molecule has 0 aromatic heterocycles. The fourth-order valence-electron chi connectivity index (χ4n) is 1.92. The van der Waals surface area contributed by atoms with Gasteiger partial charge in [-0.2, -0.15) is 0 Å². The van der Waals surface area contributed by atoms with Crippen LogP contribution in [0.5, 0.6) is 0 Å². The first-order chi connectivity index (χ1) is 12.0. The van der Waals surface area contributed by atoms with Gasteiger partial charge in [0.1, 0.15) is 4.93 Å². The van der Waals surface area contributed by atoms with E-state index in [0.29, 0.717) is 0 Å². The van der Waals surface area contributed by atoms with Gasteiger partial charge in [-0.1, -0.05) is 41.5 Å². The van der Waals surface area contributed by atoms with Crippen LogP contribution in [0.15, 0.2) is 0 Å². The molecule has 0 aliphatic carbocycles. The molecule has 1 aliphatic heterocycles. The van der Waals surface area contributed by atoms with Crippen LogP contribution >= 0.6 is 12.6 Å². The number of carbonyl (C=O) groups excluding carboxylic acids is 3. The lowest BCUT2D eigenvalue weighted by molar-refractivity contribution is -0.139. The third-order valence-corrected chi connectivity index (χ3v) is 4.26. The maximum Gasteiger partial charge on any atom is 0.232 e. The molecule has 2 atom stereocenters. The highest BCUT2D eigenvalue weighted by Gasteiger charge is 2.35. The van der Waals surface area contributed by atoms with Gasteiger partial charge >= 0.3 is 0 Å². The Kier molecular flexibility index (Phi) is 14.7. The number of primary amides is 1. The molecule has 2 N–H and O–H groups in total. The molecule has 1 saturated heterocycles. The van der Waals surface area contributed by atoms with E-state index in [1.54, 1.807) is 6.92 Å². The Morgan fingerprint density at radius 3 is 2.27 bits per heavy atom. The number of hydrogen-bond acceptors (Lipinski definition) is 5. The largest absolute Gasteiger partial charge is 0.370 e. The summed E-state index contributed by atoms with van der Waals surface area (Å²) in [5, 5.41) is 0. The van der Waals surface area contributed by atoms with Crippen molar-refractivity contribution in [2.75, 3.05) is 13.2 Å². The van der Waals surface area contributed by atoms with E-state index in [9.17, 15) is 14.4 Å². The zero-order chi connectivity index (χ0) is 20.9. The van der Waals surface area contributed by atoms with E-state index < -0.39 is 5.91 Å². The van der Waals surface area contributed by atoms with Crippen LogP contribution in [0.4, 0.5) is 0 Å². The van der Waals surface area contributed by atoms with Gasteiger partial charge in [-0.25, -0.2) is 0 Å². The second kappa shape index (κ2) is 14.0. The molecule has 0 aromatic carbocycles. The highest BCUT2D eigenvalue weighted by atomic mass is 32.1. The zero-order valence-corrected chi connectivity index (χ0v) is 18.4.